The van der Waals surface area contributed by atoms with Gasteiger partial charge in [0, 0.05) is 29.9 Å². The van der Waals surface area contributed by atoms with E-state index in [1.807, 2.05) is 30.3 Å². The molecule has 0 unspecified atom stereocenters. The van der Waals surface area contributed by atoms with E-state index in [1.165, 1.54) is 35.1 Å². The highest BCUT2D eigenvalue weighted by atomic mass is 16.4. The lowest BCUT2D eigenvalue weighted by molar-refractivity contribution is -0.141. The Morgan fingerprint density at radius 3 is 2.71 bits per heavy atom. The first-order chi connectivity index (χ1) is 16.6. The Morgan fingerprint density at radius 1 is 1.06 bits per heavy atom. The Bertz CT molecular complexity index is 1110. The van der Waals surface area contributed by atoms with Crippen molar-refractivity contribution in [3.05, 3.63) is 65.7 Å². The average Bonchev–Trinajstić information content (AvgIpc) is 3.34. The van der Waals surface area contributed by atoms with Gasteiger partial charge in [0.1, 0.15) is 6.33 Å². The van der Waals surface area contributed by atoms with E-state index in [9.17, 15) is 14.7 Å². The lowest BCUT2D eigenvalue weighted by Crippen LogP contribution is -2.29. The molecule has 3 aromatic rings. The fourth-order valence-corrected chi connectivity index (χ4v) is 4.31. The first-order valence-electron chi connectivity index (χ1n) is 12.0. The van der Waals surface area contributed by atoms with E-state index in [0.717, 1.165) is 43.4 Å². The summed E-state index contributed by atoms with van der Waals surface area (Å²) in [5, 5.41) is 16.8. The number of benzene rings is 1. The number of carboxylic acid groups (broad SMARTS) is 1. The van der Waals surface area contributed by atoms with Crippen molar-refractivity contribution in [3.63, 3.8) is 0 Å². The maximum Gasteiger partial charge on any atom is 0.328 e. The normalized spacial score (nSPS) is 13.8. The number of carbonyl (C=O) groups is 2. The number of amides is 1. The summed E-state index contributed by atoms with van der Waals surface area (Å²) in [5.74, 6) is -0.591. The molecule has 0 saturated heterocycles. The van der Waals surface area contributed by atoms with Crippen LogP contribution < -0.4 is 5.32 Å². The highest BCUT2D eigenvalue weighted by Crippen LogP contribution is 2.20. The van der Waals surface area contributed by atoms with Crippen molar-refractivity contribution in [2.75, 3.05) is 6.54 Å². The van der Waals surface area contributed by atoms with Crippen molar-refractivity contribution in [1.82, 2.24) is 25.1 Å². The molecule has 34 heavy (non-hydrogen) atoms. The molecular formula is C26H31N5O3. The van der Waals surface area contributed by atoms with Gasteiger partial charge in [-0.15, -0.1) is 0 Å². The van der Waals surface area contributed by atoms with Crippen LogP contribution in [0.25, 0.3) is 11.4 Å². The number of carbonyl (C=O) groups excluding carboxylic acids is 1. The molecule has 0 radical (unpaired) electrons. The predicted molar refractivity (Wildman–Crippen MR) is 128 cm³/mol. The number of hydrogen-bond acceptors (Lipinski definition) is 5. The largest absolute Gasteiger partial charge is 0.480 e. The number of nitrogens with one attached hydrogen (secondary N) is 1. The lowest BCUT2D eigenvalue weighted by Gasteiger charge is -2.15. The van der Waals surface area contributed by atoms with Gasteiger partial charge in [0.05, 0.1) is 0 Å². The molecule has 0 aliphatic heterocycles. The van der Waals surface area contributed by atoms with E-state index in [-0.39, 0.29) is 18.9 Å². The average molecular weight is 462 g/mol. The summed E-state index contributed by atoms with van der Waals surface area (Å²) < 4.78 is 1.35. The van der Waals surface area contributed by atoms with Gasteiger partial charge in [-0.25, -0.2) is 14.5 Å². The SMILES string of the molecule is O=C(CCCCc1ccc2c(n1)CCCC2)NCC[C@@H](C(=O)O)n1cnc(-c2ccccc2)n1. The molecule has 0 bridgehead atoms. The van der Waals surface area contributed by atoms with Crippen molar-refractivity contribution >= 4 is 11.9 Å². The Labute approximate surface area is 199 Å². The smallest absolute Gasteiger partial charge is 0.328 e. The summed E-state index contributed by atoms with van der Waals surface area (Å²) >= 11 is 0. The molecule has 1 atom stereocenters. The minimum absolute atomic E-state index is 0.0638. The van der Waals surface area contributed by atoms with Gasteiger partial charge < -0.3 is 10.4 Å². The molecule has 4 rings (SSSR count). The molecule has 1 amide bonds. The van der Waals surface area contributed by atoms with Crippen molar-refractivity contribution in [2.45, 2.75) is 63.8 Å². The molecule has 0 fully saturated rings. The van der Waals surface area contributed by atoms with Crippen molar-refractivity contribution in [1.29, 1.82) is 0 Å². The molecule has 0 spiro atoms. The second kappa shape index (κ2) is 11.5. The van der Waals surface area contributed by atoms with E-state index < -0.39 is 12.0 Å². The van der Waals surface area contributed by atoms with Crippen LogP contribution >= 0.6 is 0 Å². The van der Waals surface area contributed by atoms with E-state index in [4.69, 9.17) is 4.98 Å². The zero-order chi connectivity index (χ0) is 23.8. The lowest BCUT2D eigenvalue weighted by atomic mass is 9.95. The predicted octanol–water partition coefficient (Wildman–Crippen LogP) is 3.76. The van der Waals surface area contributed by atoms with Crippen LogP contribution in [-0.2, 0) is 28.9 Å². The van der Waals surface area contributed by atoms with E-state index in [1.54, 1.807) is 0 Å². The van der Waals surface area contributed by atoms with E-state index in [2.05, 4.69) is 27.5 Å². The standard InChI is InChI=1S/C26H31N5O3/c32-24(13-7-5-11-21-15-14-19-8-4-6-12-22(19)29-21)27-17-16-23(26(33)34)31-18-28-25(30-31)20-9-2-1-3-10-20/h1-3,9-10,14-15,18,23H,4-8,11-13,16-17H2,(H,27,32)(H,33,34)/t23-/m0/s1. The Morgan fingerprint density at radius 2 is 1.88 bits per heavy atom. The highest BCUT2D eigenvalue weighted by Gasteiger charge is 2.21. The molecule has 178 valence electrons. The minimum atomic E-state index is -1.00. The Kier molecular flexibility index (Phi) is 8.01. The summed E-state index contributed by atoms with van der Waals surface area (Å²) in [6.07, 6.45) is 9.31. The molecular weight excluding hydrogens is 430 g/mol. The van der Waals surface area contributed by atoms with Gasteiger partial charge in [0.2, 0.25) is 5.91 Å². The number of rotatable bonds is 11. The summed E-state index contributed by atoms with van der Waals surface area (Å²) in [5.41, 5.74) is 4.56. The molecule has 0 saturated carbocycles. The monoisotopic (exact) mass is 461 g/mol. The molecule has 8 heteroatoms. The molecule has 2 heterocycles. The number of fused-ring (bicyclic) bond motifs is 1. The first kappa shape index (κ1) is 23.6. The fourth-order valence-electron chi connectivity index (χ4n) is 4.31. The van der Waals surface area contributed by atoms with Crippen molar-refractivity contribution in [2.24, 2.45) is 0 Å². The third-order valence-corrected chi connectivity index (χ3v) is 6.21. The van der Waals surface area contributed by atoms with Crippen LogP contribution in [0.1, 0.15) is 61.5 Å². The third-order valence-electron chi connectivity index (χ3n) is 6.21. The number of nitrogens with zero attached hydrogens (tertiary/aromatic N) is 4. The Hall–Kier alpha value is -3.55. The van der Waals surface area contributed by atoms with Gasteiger partial charge in [0.15, 0.2) is 11.9 Å². The van der Waals surface area contributed by atoms with Crippen LogP contribution in [0.3, 0.4) is 0 Å². The quantitative estimate of drug-likeness (QED) is 0.421. The minimum Gasteiger partial charge on any atom is -0.480 e. The fraction of sp³-hybridized carbons (Fsp3) is 0.423. The van der Waals surface area contributed by atoms with Crippen LogP contribution in [-0.4, -0.2) is 43.3 Å². The number of aryl methyl sites for hydroxylation is 3. The molecule has 1 aliphatic rings. The number of aromatic nitrogens is 4. The number of carboxylic acids is 1. The van der Waals surface area contributed by atoms with Gasteiger partial charge in [-0.3, -0.25) is 9.78 Å². The maximum absolute atomic E-state index is 12.2. The van der Waals surface area contributed by atoms with Crippen LogP contribution in [0.15, 0.2) is 48.8 Å². The topological polar surface area (TPSA) is 110 Å². The van der Waals surface area contributed by atoms with Gasteiger partial charge in [-0.2, -0.15) is 5.10 Å². The van der Waals surface area contributed by atoms with Gasteiger partial charge >= 0.3 is 5.97 Å². The summed E-state index contributed by atoms with van der Waals surface area (Å²) in [7, 11) is 0. The zero-order valence-corrected chi connectivity index (χ0v) is 19.3. The van der Waals surface area contributed by atoms with Crippen LogP contribution in [0.2, 0.25) is 0 Å². The number of aliphatic carboxylic acids is 1. The van der Waals surface area contributed by atoms with Gasteiger partial charge in [-0.1, -0.05) is 36.4 Å². The summed E-state index contributed by atoms with van der Waals surface area (Å²) in [6.45, 7) is 0.267. The number of pyridine rings is 1. The van der Waals surface area contributed by atoms with E-state index >= 15 is 0 Å². The van der Waals surface area contributed by atoms with Crippen LogP contribution in [0, 0.1) is 0 Å². The van der Waals surface area contributed by atoms with Crippen molar-refractivity contribution < 1.29 is 14.7 Å². The summed E-state index contributed by atoms with van der Waals surface area (Å²) in [4.78, 5) is 33.0. The van der Waals surface area contributed by atoms with E-state index in [0.29, 0.717) is 12.2 Å². The molecule has 1 aromatic carbocycles. The van der Waals surface area contributed by atoms with Crippen LogP contribution in [0.5, 0.6) is 0 Å². The maximum atomic E-state index is 12.2. The first-order valence-corrected chi connectivity index (χ1v) is 12.0. The Balaban J connectivity index is 1.18. The molecule has 2 N–H and O–H groups in total. The van der Waals surface area contributed by atoms with Gasteiger partial charge in [0.25, 0.3) is 0 Å². The highest BCUT2D eigenvalue weighted by molar-refractivity contribution is 5.76. The van der Waals surface area contributed by atoms with Gasteiger partial charge in [-0.05, 0) is 63.0 Å². The second-order valence-corrected chi connectivity index (χ2v) is 8.73. The zero-order valence-electron chi connectivity index (χ0n) is 19.3. The molecule has 8 nitrogen and oxygen atoms in total. The second-order valence-electron chi connectivity index (χ2n) is 8.73. The number of hydrogen-bond donors (Lipinski definition) is 2. The third kappa shape index (κ3) is 6.27. The summed E-state index contributed by atoms with van der Waals surface area (Å²) in [6, 6.07) is 12.8. The number of unbranched alkanes of at least 4 members (excludes halogenated alkanes) is 1. The van der Waals surface area contributed by atoms with Crippen molar-refractivity contribution in [3.8, 4) is 11.4 Å². The molecule has 1 aliphatic carbocycles. The molecule has 2 aromatic heterocycles. The van der Waals surface area contributed by atoms with Crippen LogP contribution in [0.4, 0.5) is 0 Å².